The highest BCUT2D eigenvalue weighted by Gasteiger charge is 2.17. The van der Waals surface area contributed by atoms with E-state index in [1.165, 1.54) is 20.4 Å². The Bertz CT molecular complexity index is 553. The Morgan fingerprint density at radius 1 is 1.29 bits per heavy atom. The number of hydrogen-bond acceptors (Lipinski definition) is 6. The van der Waals surface area contributed by atoms with Crippen molar-refractivity contribution in [3.05, 3.63) is 23.8 Å². The van der Waals surface area contributed by atoms with Crippen LogP contribution in [0.25, 0.3) is 0 Å². The fourth-order valence-electron chi connectivity index (χ4n) is 1.43. The van der Waals surface area contributed by atoms with Crippen molar-refractivity contribution in [2.75, 3.05) is 14.2 Å². The van der Waals surface area contributed by atoms with Crippen LogP contribution in [0.2, 0.25) is 0 Å². The number of carbonyl (C=O) groups excluding carboxylic acids is 1. The minimum Gasteiger partial charge on any atom is -0.493 e. The van der Waals surface area contributed by atoms with Crippen LogP contribution in [0.15, 0.2) is 28.4 Å². The predicted octanol–water partition coefficient (Wildman–Crippen LogP) is 0.243. The van der Waals surface area contributed by atoms with Gasteiger partial charge in [0.15, 0.2) is 17.6 Å². The molecule has 0 saturated carbocycles. The average molecular weight is 294 g/mol. The summed E-state index contributed by atoms with van der Waals surface area (Å²) in [6.45, 7) is 1.58. The van der Waals surface area contributed by atoms with Crippen LogP contribution < -0.4 is 20.9 Å². The molecule has 8 nitrogen and oxygen atoms in total. The lowest BCUT2D eigenvalue weighted by atomic mass is 10.2. The second-order valence-electron chi connectivity index (χ2n) is 3.96. The van der Waals surface area contributed by atoms with Crippen molar-refractivity contribution >= 4 is 18.1 Å². The maximum Gasteiger partial charge on any atom is 0.346 e. The van der Waals surface area contributed by atoms with Crippen LogP contribution in [0.3, 0.4) is 0 Å². The Morgan fingerprint density at radius 3 is 2.57 bits per heavy atom. The second kappa shape index (κ2) is 7.73. The van der Waals surface area contributed by atoms with E-state index in [1.807, 2.05) is 0 Å². The van der Waals surface area contributed by atoms with Crippen molar-refractivity contribution < 1.29 is 19.0 Å². The molecule has 1 unspecified atom stereocenters. The highest BCUT2D eigenvalue weighted by Crippen LogP contribution is 2.28. The molecule has 0 aromatic heterocycles. The van der Waals surface area contributed by atoms with Crippen molar-refractivity contribution in [2.45, 2.75) is 13.0 Å². The summed E-state index contributed by atoms with van der Waals surface area (Å²) in [7, 11) is 2.78. The zero-order valence-electron chi connectivity index (χ0n) is 12.1. The van der Waals surface area contributed by atoms with Crippen LogP contribution in [0, 0.1) is 0 Å². The fraction of sp³-hybridized carbons (Fsp3) is 0.308. The quantitative estimate of drug-likeness (QED) is 0.335. The number of carbonyl (C=O) groups is 1. The normalized spacial score (nSPS) is 11.8. The Hall–Kier alpha value is -2.77. The van der Waals surface area contributed by atoms with Crippen LogP contribution in [0.1, 0.15) is 12.5 Å². The van der Waals surface area contributed by atoms with Crippen molar-refractivity contribution in [2.24, 2.45) is 21.7 Å². The van der Waals surface area contributed by atoms with Gasteiger partial charge in [-0.25, -0.2) is 4.79 Å². The van der Waals surface area contributed by atoms with Crippen LogP contribution in [0.5, 0.6) is 11.5 Å². The number of guanidine groups is 1. The van der Waals surface area contributed by atoms with Gasteiger partial charge in [-0.2, -0.15) is 5.10 Å². The molecule has 0 bridgehead atoms. The van der Waals surface area contributed by atoms with E-state index in [0.717, 1.165) is 0 Å². The number of nitrogens with zero attached hydrogens (tertiary/aromatic N) is 2. The summed E-state index contributed by atoms with van der Waals surface area (Å²) in [5.41, 5.74) is 11.0. The lowest BCUT2D eigenvalue weighted by Gasteiger charge is -2.15. The highest BCUT2D eigenvalue weighted by molar-refractivity contribution is 5.82. The first-order chi connectivity index (χ1) is 9.97. The SMILES string of the molecule is COC(=O)C(C)Oc1ccc(C=NN=C(N)N)cc1OC. The summed E-state index contributed by atoms with van der Waals surface area (Å²) in [5.74, 6) is 0.245. The molecule has 0 spiro atoms. The zero-order chi connectivity index (χ0) is 15.8. The van der Waals surface area contributed by atoms with E-state index >= 15 is 0 Å². The molecule has 1 atom stereocenters. The first-order valence-electron chi connectivity index (χ1n) is 6.02. The molecule has 0 aliphatic rings. The third kappa shape index (κ3) is 5.01. The van der Waals surface area contributed by atoms with E-state index in [1.54, 1.807) is 25.1 Å². The molecule has 1 aromatic rings. The molecule has 8 heteroatoms. The Balaban J connectivity index is 2.91. The van der Waals surface area contributed by atoms with Gasteiger partial charge in [0.05, 0.1) is 20.4 Å². The topological polar surface area (TPSA) is 122 Å². The van der Waals surface area contributed by atoms with Gasteiger partial charge in [0.2, 0.25) is 5.96 Å². The Morgan fingerprint density at radius 2 is 2.00 bits per heavy atom. The van der Waals surface area contributed by atoms with Crippen LogP contribution >= 0.6 is 0 Å². The van der Waals surface area contributed by atoms with Gasteiger partial charge in [-0.15, -0.1) is 5.10 Å². The summed E-state index contributed by atoms with van der Waals surface area (Å²) >= 11 is 0. The molecular weight excluding hydrogens is 276 g/mol. The van der Waals surface area contributed by atoms with Gasteiger partial charge in [-0.05, 0) is 30.7 Å². The monoisotopic (exact) mass is 294 g/mol. The van der Waals surface area contributed by atoms with Crippen molar-refractivity contribution in [3.8, 4) is 11.5 Å². The van der Waals surface area contributed by atoms with E-state index in [4.69, 9.17) is 20.9 Å². The summed E-state index contributed by atoms with van der Waals surface area (Å²) in [4.78, 5) is 11.3. The van der Waals surface area contributed by atoms with Crippen molar-refractivity contribution in [1.82, 2.24) is 0 Å². The smallest absolute Gasteiger partial charge is 0.346 e. The zero-order valence-corrected chi connectivity index (χ0v) is 12.1. The maximum absolute atomic E-state index is 11.3. The van der Waals surface area contributed by atoms with Gasteiger partial charge >= 0.3 is 5.97 Å². The lowest BCUT2D eigenvalue weighted by Crippen LogP contribution is -2.25. The molecule has 0 heterocycles. The molecule has 0 saturated heterocycles. The molecule has 1 rings (SSSR count). The number of ether oxygens (including phenoxy) is 3. The van der Waals surface area contributed by atoms with Gasteiger partial charge in [0.25, 0.3) is 0 Å². The van der Waals surface area contributed by atoms with E-state index in [-0.39, 0.29) is 5.96 Å². The molecule has 1 aromatic carbocycles. The summed E-state index contributed by atoms with van der Waals surface area (Å²) < 4.78 is 15.3. The molecule has 0 amide bonds. The van der Waals surface area contributed by atoms with Crippen LogP contribution in [0.4, 0.5) is 0 Å². The summed E-state index contributed by atoms with van der Waals surface area (Å²) in [5, 5.41) is 7.18. The molecule has 21 heavy (non-hydrogen) atoms. The third-order valence-electron chi connectivity index (χ3n) is 2.40. The van der Waals surface area contributed by atoms with Gasteiger partial charge in [0.1, 0.15) is 0 Å². The van der Waals surface area contributed by atoms with Gasteiger partial charge in [-0.1, -0.05) is 0 Å². The molecule has 4 N–H and O–H groups in total. The first kappa shape index (κ1) is 16.3. The van der Waals surface area contributed by atoms with E-state index in [0.29, 0.717) is 17.1 Å². The number of nitrogens with two attached hydrogens (primary N) is 2. The van der Waals surface area contributed by atoms with Crippen LogP contribution in [-0.4, -0.2) is 38.5 Å². The van der Waals surface area contributed by atoms with Gasteiger partial charge in [0, 0.05) is 0 Å². The lowest BCUT2D eigenvalue weighted by molar-refractivity contribution is -0.147. The second-order valence-corrected chi connectivity index (χ2v) is 3.96. The third-order valence-corrected chi connectivity index (χ3v) is 2.40. The molecular formula is C13H18N4O4. The van der Waals surface area contributed by atoms with Gasteiger partial charge in [-0.3, -0.25) is 0 Å². The summed E-state index contributed by atoms with van der Waals surface area (Å²) in [6.07, 6.45) is 0.709. The number of methoxy groups -OCH3 is 2. The highest BCUT2D eigenvalue weighted by atomic mass is 16.6. The standard InChI is InChI=1S/C13H18N4O4/c1-8(12(18)20-3)21-10-5-4-9(6-11(10)19-2)7-16-17-13(14)15/h4-8H,1-3H3,(H4,14,15,17). The van der Waals surface area contributed by atoms with E-state index < -0.39 is 12.1 Å². The number of hydrogen-bond donors (Lipinski definition) is 2. The molecule has 114 valence electrons. The molecule has 0 aliphatic carbocycles. The summed E-state index contributed by atoms with van der Waals surface area (Å²) in [6, 6.07) is 5.04. The Labute approximate surface area is 122 Å². The van der Waals surface area contributed by atoms with E-state index in [9.17, 15) is 4.79 Å². The average Bonchev–Trinajstić information content (AvgIpc) is 2.47. The fourth-order valence-corrected chi connectivity index (χ4v) is 1.43. The number of rotatable bonds is 6. The first-order valence-corrected chi connectivity index (χ1v) is 6.02. The largest absolute Gasteiger partial charge is 0.493 e. The van der Waals surface area contributed by atoms with Crippen molar-refractivity contribution in [1.29, 1.82) is 0 Å². The minimum absolute atomic E-state index is 0.134. The van der Waals surface area contributed by atoms with Gasteiger partial charge < -0.3 is 25.7 Å². The molecule has 0 fully saturated rings. The molecule has 0 aliphatic heterocycles. The minimum atomic E-state index is -0.745. The number of esters is 1. The van der Waals surface area contributed by atoms with E-state index in [2.05, 4.69) is 14.9 Å². The van der Waals surface area contributed by atoms with Crippen LogP contribution in [-0.2, 0) is 9.53 Å². The van der Waals surface area contributed by atoms with Crippen molar-refractivity contribution in [3.63, 3.8) is 0 Å². The number of benzene rings is 1. The molecule has 0 radical (unpaired) electrons. The maximum atomic E-state index is 11.3. The predicted molar refractivity (Wildman–Crippen MR) is 78.5 cm³/mol. The Kier molecular flexibility index (Phi) is 5.99.